The fourth-order valence-electron chi connectivity index (χ4n) is 2.90. The molecule has 1 aromatic rings. The third-order valence-corrected chi connectivity index (χ3v) is 5.15. The molecule has 0 radical (unpaired) electrons. The van der Waals surface area contributed by atoms with Gasteiger partial charge in [-0.1, -0.05) is 24.3 Å². The van der Waals surface area contributed by atoms with E-state index < -0.39 is 30.0 Å². The molecule has 0 unspecified atom stereocenters. The van der Waals surface area contributed by atoms with Gasteiger partial charge in [-0.3, -0.25) is 0 Å². The van der Waals surface area contributed by atoms with Gasteiger partial charge in [0.25, 0.3) is 0 Å². The van der Waals surface area contributed by atoms with Crippen LogP contribution in [0.5, 0.6) is 0 Å². The fraction of sp³-hybridized carbons (Fsp3) is 0.591. The maximum atomic E-state index is 12.2. The molecule has 1 aliphatic rings. The maximum Gasteiger partial charge on any atom is 0.492 e. The summed E-state index contributed by atoms with van der Waals surface area (Å²) in [5.74, 6) is 0. The van der Waals surface area contributed by atoms with Gasteiger partial charge in [-0.25, -0.2) is 4.79 Å². The highest BCUT2D eigenvalue weighted by atomic mass is 16.7. The van der Waals surface area contributed by atoms with Crippen molar-refractivity contribution in [1.29, 1.82) is 0 Å². The molecular weight excluding hydrogens is 367 g/mol. The summed E-state index contributed by atoms with van der Waals surface area (Å²) in [4.78, 5) is 14.3. The summed E-state index contributed by atoms with van der Waals surface area (Å²) in [6.45, 7) is 13.8. The highest BCUT2D eigenvalue weighted by Gasteiger charge is 2.52. The van der Waals surface area contributed by atoms with Crippen LogP contribution in [0.15, 0.2) is 29.7 Å². The van der Waals surface area contributed by atoms with Crippen molar-refractivity contribution in [3.8, 4) is 0 Å². The maximum absolute atomic E-state index is 12.2. The van der Waals surface area contributed by atoms with E-state index in [9.17, 15) is 4.79 Å². The highest BCUT2D eigenvalue weighted by Crippen LogP contribution is 2.39. The number of alkyl carbamates (subject to hydrolysis) is 1. The van der Waals surface area contributed by atoms with Crippen LogP contribution in [0.3, 0.4) is 0 Å². The van der Waals surface area contributed by atoms with Crippen LogP contribution in [0.25, 0.3) is 6.08 Å². The minimum absolute atomic E-state index is 0.257. The van der Waals surface area contributed by atoms with Crippen LogP contribution in [-0.2, 0) is 14.0 Å². The van der Waals surface area contributed by atoms with Crippen molar-refractivity contribution in [3.05, 3.63) is 35.3 Å². The SMILES string of the molecule is CN(C)c1ccccc1C=C(CNC(=O)OC(C)(C)C)B1OC(C)(C)C(C)(C)O1. The molecule has 1 fully saturated rings. The second-order valence-corrected chi connectivity index (χ2v) is 9.62. The van der Waals surface area contributed by atoms with Crippen molar-refractivity contribution < 1.29 is 18.8 Å². The summed E-state index contributed by atoms with van der Waals surface area (Å²) in [6.07, 6.45) is 1.55. The van der Waals surface area contributed by atoms with E-state index in [1.807, 2.05) is 86.8 Å². The van der Waals surface area contributed by atoms with Crippen molar-refractivity contribution in [3.63, 3.8) is 0 Å². The molecule has 0 aliphatic carbocycles. The molecule has 6 nitrogen and oxygen atoms in total. The van der Waals surface area contributed by atoms with E-state index in [-0.39, 0.29) is 6.54 Å². The molecule has 1 aromatic carbocycles. The Hall–Kier alpha value is -1.99. The van der Waals surface area contributed by atoms with Crippen LogP contribution in [0.1, 0.15) is 54.0 Å². The number of carbonyl (C=O) groups is 1. The van der Waals surface area contributed by atoms with Gasteiger partial charge in [-0.15, -0.1) is 0 Å². The molecule has 160 valence electrons. The topological polar surface area (TPSA) is 60.0 Å². The Kier molecular flexibility index (Phi) is 6.75. The molecule has 1 saturated heterocycles. The number of rotatable bonds is 5. The summed E-state index contributed by atoms with van der Waals surface area (Å²) in [5.41, 5.74) is 1.42. The molecule has 1 aliphatic heterocycles. The van der Waals surface area contributed by atoms with Crippen molar-refractivity contribution >= 4 is 25.0 Å². The van der Waals surface area contributed by atoms with E-state index in [4.69, 9.17) is 14.0 Å². The van der Waals surface area contributed by atoms with Gasteiger partial charge in [0.15, 0.2) is 0 Å². The number of hydrogen-bond acceptors (Lipinski definition) is 5. The molecule has 0 atom stereocenters. The first-order valence-corrected chi connectivity index (χ1v) is 10.0. The number of nitrogens with zero attached hydrogens (tertiary/aromatic N) is 1. The largest absolute Gasteiger partial charge is 0.492 e. The Morgan fingerprint density at radius 1 is 1.14 bits per heavy atom. The predicted octanol–water partition coefficient (Wildman–Crippen LogP) is 4.29. The lowest BCUT2D eigenvalue weighted by Crippen LogP contribution is -2.41. The van der Waals surface area contributed by atoms with Gasteiger partial charge in [-0.05, 0) is 65.6 Å². The number of carbonyl (C=O) groups excluding carboxylic acids is 1. The number of anilines is 1. The molecule has 1 amide bonds. The number of para-hydroxylation sites is 1. The van der Waals surface area contributed by atoms with Crippen molar-refractivity contribution in [2.75, 3.05) is 25.5 Å². The van der Waals surface area contributed by atoms with E-state index in [1.165, 1.54) is 0 Å². The third kappa shape index (κ3) is 6.00. The summed E-state index contributed by atoms with van der Waals surface area (Å²) >= 11 is 0. The number of amides is 1. The fourth-order valence-corrected chi connectivity index (χ4v) is 2.90. The van der Waals surface area contributed by atoms with E-state index in [1.54, 1.807) is 0 Å². The molecule has 0 aromatic heterocycles. The summed E-state index contributed by atoms with van der Waals surface area (Å²) in [5, 5.41) is 2.84. The first-order chi connectivity index (χ1) is 13.2. The van der Waals surface area contributed by atoms with Crippen molar-refractivity contribution in [1.82, 2.24) is 5.32 Å². The second kappa shape index (κ2) is 8.40. The normalized spacial score (nSPS) is 18.5. The minimum Gasteiger partial charge on any atom is -0.444 e. The Balaban J connectivity index is 2.33. The molecule has 0 bridgehead atoms. The third-order valence-electron chi connectivity index (χ3n) is 5.15. The number of hydrogen-bond donors (Lipinski definition) is 1. The molecule has 2 rings (SSSR count). The summed E-state index contributed by atoms with van der Waals surface area (Å²) in [6, 6.07) is 8.07. The molecule has 29 heavy (non-hydrogen) atoms. The Bertz CT molecular complexity index is 750. The zero-order valence-electron chi connectivity index (χ0n) is 19.3. The smallest absolute Gasteiger partial charge is 0.444 e. The molecule has 1 N–H and O–H groups in total. The van der Waals surface area contributed by atoms with E-state index >= 15 is 0 Å². The van der Waals surface area contributed by atoms with Gasteiger partial charge in [-0.2, -0.15) is 0 Å². The quantitative estimate of drug-likeness (QED) is 0.745. The lowest BCUT2D eigenvalue weighted by molar-refractivity contribution is 0.00578. The van der Waals surface area contributed by atoms with Gasteiger partial charge in [0, 0.05) is 26.3 Å². The zero-order chi connectivity index (χ0) is 22.0. The van der Waals surface area contributed by atoms with Crippen LogP contribution in [0, 0.1) is 0 Å². The van der Waals surface area contributed by atoms with Gasteiger partial charge in [0.1, 0.15) is 5.60 Å². The van der Waals surface area contributed by atoms with Crippen LogP contribution in [0.4, 0.5) is 10.5 Å². The second-order valence-electron chi connectivity index (χ2n) is 9.62. The van der Waals surface area contributed by atoms with Gasteiger partial charge < -0.3 is 24.3 Å². The summed E-state index contributed by atoms with van der Waals surface area (Å²) < 4.78 is 17.8. The Labute approximate surface area is 175 Å². The monoisotopic (exact) mass is 402 g/mol. The van der Waals surface area contributed by atoms with E-state index in [0.717, 1.165) is 16.7 Å². The van der Waals surface area contributed by atoms with Crippen LogP contribution in [0.2, 0.25) is 0 Å². The van der Waals surface area contributed by atoms with Crippen molar-refractivity contribution in [2.24, 2.45) is 0 Å². The minimum atomic E-state index is -0.565. The highest BCUT2D eigenvalue weighted by molar-refractivity contribution is 6.56. The first-order valence-electron chi connectivity index (χ1n) is 10.0. The number of benzene rings is 1. The van der Waals surface area contributed by atoms with Crippen LogP contribution < -0.4 is 10.2 Å². The molecular formula is C22H35BN2O4. The van der Waals surface area contributed by atoms with Gasteiger partial charge in [0.2, 0.25) is 0 Å². The lowest BCUT2D eigenvalue weighted by atomic mass is 9.77. The Morgan fingerprint density at radius 2 is 1.69 bits per heavy atom. The predicted molar refractivity (Wildman–Crippen MR) is 119 cm³/mol. The first kappa shape index (κ1) is 23.3. The molecule has 1 heterocycles. The number of ether oxygens (including phenoxy) is 1. The standard InChI is InChI=1S/C22H35BN2O4/c1-20(2,3)27-19(26)24-15-17(23-28-21(4,5)22(6,7)29-23)14-16-12-10-11-13-18(16)25(8)9/h10-14H,15H2,1-9H3,(H,24,26). The van der Waals surface area contributed by atoms with E-state index in [0.29, 0.717) is 0 Å². The van der Waals surface area contributed by atoms with E-state index in [2.05, 4.69) is 16.3 Å². The zero-order valence-corrected chi connectivity index (χ0v) is 19.3. The molecule has 7 heteroatoms. The van der Waals surface area contributed by atoms with Gasteiger partial charge >= 0.3 is 13.2 Å². The Morgan fingerprint density at radius 3 is 2.21 bits per heavy atom. The van der Waals surface area contributed by atoms with Crippen LogP contribution >= 0.6 is 0 Å². The average molecular weight is 402 g/mol. The van der Waals surface area contributed by atoms with Crippen LogP contribution in [-0.4, -0.2) is 50.7 Å². The molecule has 0 saturated carbocycles. The average Bonchev–Trinajstić information content (AvgIpc) is 2.77. The van der Waals surface area contributed by atoms with Crippen molar-refractivity contribution in [2.45, 2.75) is 65.3 Å². The molecule has 0 spiro atoms. The summed E-state index contributed by atoms with van der Waals surface area (Å²) in [7, 11) is 3.44. The number of nitrogens with one attached hydrogen (secondary N) is 1. The van der Waals surface area contributed by atoms with Gasteiger partial charge in [0.05, 0.1) is 11.2 Å². The lowest BCUT2D eigenvalue weighted by Gasteiger charge is -2.32.